The van der Waals surface area contributed by atoms with Gasteiger partial charge in [0.1, 0.15) is 49.4 Å². The van der Waals surface area contributed by atoms with E-state index in [9.17, 15) is 19.8 Å². The molecule has 6 aromatic rings. The van der Waals surface area contributed by atoms with Gasteiger partial charge in [-0.05, 0) is 97.4 Å². The average molecular weight is 1100 g/mol. The van der Waals surface area contributed by atoms with E-state index >= 15 is 0 Å². The minimum Gasteiger partial charge on any atom is -0.488 e. The van der Waals surface area contributed by atoms with Gasteiger partial charge in [-0.25, -0.2) is 0 Å². The van der Waals surface area contributed by atoms with Crippen LogP contribution in [-0.2, 0) is 58.6 Å². The summed E-state index contributed by atoms with van der Waals surface area (Å²) in [5.41, 5.74) is 11.0. The fourth-order valence-electron chi connectivity index (χ4n) is 10.0. The predicted molar refractivity (Wildman–Crippen MR) is 300 cm³/mol. The summed E-state index contributed by atoms with van der Waals surface area (Å²) in [6, 6.07) is 23.5. The van der Waals surface area contributed by atoms with Crippen molar-refractivity contribution in [3.63, 3.8) is 0 Å². The van der Waals surface area contributed by atoms with Crippen molar-refractivity contribution in [2.45, 2.75) is 78.4 Å². The predicted octanol–water partition coefficient (Wildman–Crippen LogP) is 9.19. The normalized spacial score (nSPS) is 18.0. The third-order valence-corrected chi connectivity index (χ3v) is 14.9. The molecule has 2 fully saturated rings. The van der Waals surface area contributed by atoms with E-state index in [-0.39, 0.29) is 39.5 Å². The number of piperidine rings is 2. The number of ether oxygens (including phenoxy) is 6. The van der Waals surface area contributed by atoms with Crippen LogP contribution < -0.4 is 18.9 Å². The van der Waals surface area contributed by atoms with Crippen molar-refractivity contribution < 1.29 is 48.2 Å². The average Bonchev–Trinajstić information content (AvgIpc) is 3.45. The first-order valence-electron chi connectivity index (χ1n) is 25.8. The number of aliphatic hydroxyl groups is 2. The first kappa shape index (κ1) is 57.3. The SMILES string of the molecule is C/N=C/c1cncc(COc2cc(OCc3cccc(-c4cccc(COc5cc(OCc6cncc(/C=N/C)c6)c(CN6CCC(C(=O)OC)C(O)C6)cc5Cl)c4C)c3C)c(Cl)cc2CN2CCC(C(=O)OC)C(O)C2)c1. The number of hydrogen-bond donors (Lipinski definition) is 2. The number of rotatable bonds is 21. The Bertz CT molecular complexity index is 2930. The topological polar surface area (TPSA) is 187 Å². The molecule has 0 aliphatic carbocycles. The van der Waals surface area contributed by atoms with Crippen molar-refractivity contribution in [1.29, 1.82) is 0 Å². The molecule has 0 spiro atoms. The van der Waals surface area contributed by atoms with Crippen LogP contribution in [0.4, 0.5) is 0 Å². The maximum Gasteiger partial charge on any atom is 0.311 e. The van der Waals surface area contributed by atoms with Gasteiger partial charge in [0.05, 0.1) is 48.3 Å². The monoisotopic (exact) mass is 1100 g/mol. The van der Waals surface area contributed by atoms with Gasteiger partial charge in [-0.2, -0.15) is 0 Å². The first-order chi connectivity index (χ1) is 37.7. The van der Waals surface area contributed by atoms with Gasteiger partial charge in [0.15, 0.2) is 0 Å². The maximum absolute atomic E-state index is 12.3. The smallest absolute Gasteiger partial charge is 0.311 e. The molecular formula is C60H66Cl2N6O10. The third kappa shape index (κ3) is 14.4. The number of pyridine rings is 2. The van der Waals surface area contributed by atoms with Crippen LogP contribution in [0.15, 0.2) is 108 Å². The van der Waals surface area contributed by atoms with Gasteiger partial charge in [0.25, 0.3) is 0 Å². The van der Waals surface area contributed by atoms with Gasteiger partial charge < -0.3 is 38.6 Å². The van der Waals surface area contributed by atoms with Gasteiger partial charge in [0.2, 0.25) is 0 Å². The highest BCUT2D eigenvalue weighted by Crippen LogP contribution is 2.39. The standard InChI is InChI=1S/C60H66Cl2N6O10/c1-37-43(35-77-57-21-55(75-33-41-17-39(23-63-3)25-65-27-41)45(19-51(57)61)29-67-15-13-49(53(69)31-67)59(71)73-5)9-7-11-47(37)48-12-8-10-44(38(48)2)36-78-58-22-56(76-34-42-18-40(24-64-4)26-66-28-42)46(20-52(58)62)30-68-16-14-50(54(70)32-68)60(72)74-6/h7-12,17-28,49-50,53-54,69-70H,13-16,29-36H2,1-6H3/b63-23+,64-24+. The number of hydrogen-bond acceptors (Lipinski definition) is 16. The van der Waals surface area contributed by atoms with Crippen LogP contribution in [0.25, 0.3) is 11.1 Å². The largest absolute Gasteiger partial charge is 0.488 e. The number of benzene rings is 4. The highest BCUT2D eigenvalue weighted by Gasteiger charge is 2.35. The summed E-state index contributed by atoms with van der Waals surface area (Å²) in [7, 11) is 6.08. The van der Waals surface area contributed by atoms with Crippen LogP contribution in [0.1, 0.15) is 68.5 Å². The number of carbonyl (C=O) groups excluding carboxylic acids is 2. The lowest BCUT2D eigenvalue weighted by atomic mass is 9.92. The molecule has 2 aliphatic rings. The molecule has 2 aliphatic heterocycles. The van der Waals surface area contributed by atoms with E-state index in [4.69, 9.17) is 51.6 Å². The summed E-state index contributed by atoms with van der Waals surface area (Å²) in [5, 5.41) is 22.6. The van der Waals surface area contributed by atoms with Crippen LogP contribution in [0.3, 0.4) is 0 Å². The van der Waals surface area contributed by atoms with Crippen molar-refractivity contribution in [2.24, 2.45) is 21.8 Å². The lowest BCUT2D eigenvalue weighted by Crippen LogP contribution is -2.46. The van der Waals surface area contributed by atoms with Gasteiger partial charge in [0, 0.05) is 123 Å². The Kier molecular flexibility index (Phi) is 19.9. The summed E-state index contributed by atoms with van der Waals surface area (Å²) in [5.74, 6) is 0.0170. The summed E-state index contributed by atoms with van der Waals surface area (Å²) in [6.07, 6.45) is 9.58. The molecular weight excluding hydrogens is 1040 g/mol. The summed E-state index contributed by atoms with van der Waals surface area (Å²) < 4.78 is 35.9. The van der Waals surface area contributed by atoms with Gasteiger partial charge in [-0.1, -0.05) is 59.6 Å². The molecule has 8 rings (SSSR count). The van der Waals surface area contributed by atoms with Gasteiger partial charge >= 0.3 is 11.9 Å². The van der Waals surface area contributed by atoms with E-state index < -0.39 is 36.0 Å². The second-order valence-electron chi connectivity index (χ2n) is 19.6. The molecule has 78 heavy (non-hydrogen) atoms. The van der Waals surface area contributed by atoms with Crippen molar-refractivity contribution in [2.75, 3.05) is 54.5 Å². The lowest BCUT2D eigenvalue weighted by Gasteiger charge is -2.34. The summed E-state index contributed by atoms with van der Waals surface area (Å²) >= 11 is 14.0. The molecule has 0 amide bonds. The maximum atomic E-state index is 12.3. The van der Waals surface area contributed by atoms with E-state index in [2.05, 4.69) is 55.7 Å². The molecule has 2 N–H and O–H groups in total. The number of esters is 2. The van der Waals surface area contributed by atoms with E-state index in [0.29, 0.717) is 72.1 Å². The molecule has 4 heterocycles. The Hall–Kier alpha value is -6.92. The minimum atomic E-state index is -0.876. The van der Waals surface area contributed by atoms with Crippen LogP contribution >= 0.6 is 23.2 Å². The molecule has 0 saturated carbocycles. The van der Waals surface area contributed by atoms with E-state index in [1.54, 1.807) is 51.3 Å². The van der Waals surface area contributed by atoms with Gasteiger partial charge in [-0.15, -0.1) is 0 Å². The zero-order chi connectivity index (χ0) is 55.3. The number of β-amino-alcohol motifs (C(OH)–C–C–N with tert-alkyl or cyclic N) is 2. The van der Waals surface area contributed by atoms with Crippen LogP contribution in [0.2, 0.25) is 10.0 Å². The number of aromatic nitrogens is 2. The molecule has 16 nitrogen and oxygen atoms in total. The van der Waals surface area contributed by atoms with Crippen molar-refractivity contribution >= 4 is 47.6 Å². The fourth-order valence-corrected chi connectivity index (χ4v) is 10.5. The van der Waals surface area contributed by atoms with Crippen LogP contribution in [0, 0.1) is 25.7 Å². The molecule has 4 atom stereocenters. The Morgan fingerprint density at radius 2 is 1.00 bits per heavy atom. The molecule has 18 heteroatoms. The third-order valence-electron chi connectivity index (χ3n) is 14.3. The quantitative estimate of drug-likeness (QED) is 0.0513. The second kappa shape index (κ2) is 27.1. The molecule has 4 unspecified atom stereocenters. The first-order valence-corrected chi connectivity index (χ1v) is 26.5. The Morgan fingerprint density at radius 1 is 0.590 bits per heavy atom. The van der Waals surface area contributed by atoms with E-state index in [0.717, 1.165) is 66.8 Å². The minimum absolute atomic E-state index is 0.218. The molecule has 2 aromatic heterocycles. The lowest BCUT2D eigenvalue weighted by molar-refractivity contribution is -0.153. The molecule has 2 saturated heterocycles. The second-order valence-corrected chi connectivity index (χ2v) is 20.4. The number of methoxy groups -OCH3 is 2. The number of nitrogens with zero attached hydrogens (tertiary/aromatic N) is 6. The molecule has 4 aromatic carbocycles. The van der Waals surface area contributed by atoms with Crippen molar-refractivity contribution in [3.8, 4) is 34.1 Å². The molecule has 0 radical (unpaired) electrons. The van der Waals surface area contributed by atoms with Gasteiger partial charge in [-0.3, -0.25) is 39.3 Å². The number of aliphatic imine (C=N–C) groups is 2. The Labute approximate surface area is 465 Å². The zero-order valence-electron chi connectivity index (χ0n) is 44.8. The van der Waals surface area contributed by atoms with Crippen molar-refractivity contribution in [3.05, 3.63) is 163 Å². The van der Waals surface area contributed by atoms with Crippen LogP contribution in [-0.4, -0.2) is 121 Å². The van der Waals surface area contributed by atoms with Crippen molar-refractivity contribution in [1.82, 2.24) is 19.8 Å². The van der Waals surface area contributed by atoms with Crippen LogP contribution in [0.5, 0.6) is 23.0 Å². The summed E-state index contributed by atoms with van der Waals surface area (Å²) in [6.45, 7) is 7.55. The Balaban J connectivity index is 0.990. The summed E-state index contributed by atoms with van der Waals surface area (Å²) in [4.78, 5) is 45.7. The number of aliphatic hydroxyl groups excluding tert-OH is 2. The Morgan fingerprint density at radius 3 is 1.38 bits per heavy atom. The highest BCUT2D eigenvalue weighted by molar-refractivity contribution is 6.32. The molecule has 0 bridgehead atoms. The number of carbonyl (C=O) groups is 2. The van der Waals surface area contributed by atoms with E-state index in [1.165, 1.54) is 14.2 Å². The zero-order valence-corrected chi connectivity index (χ0v) is 46.3. The number of halogens is 2. The number of likely N-dealkylation sites (tertiary alicyclic amines) is 2. The van der Waals surface area contributed by atoms with E-state index in [1.807, 2.05) is 60.7 Å². The molecule has 410 valence electrons. The fraction of sp³-hybridized carbons (Fsp3) is 0.367. The highest BCUT2D eigenvalue weighted by atomic mass is 35.5.